The molecule has 1 aromatic heterocycles. The lowest BCUT2D eigenvalue weighted by molar-refractivity contribution is 0.397. The summed E-state index contributed by atoms with van der Waals surface area (Å²) in [7, 11) is 1.60. The Balaban J connectivity index is 0.00000144. The minimum Gasteiger partial charge on any atom is -0.481 e. The van der Waals surface area contributed by atoms with Crippen LogP contribution in [0.3, 0.4) is 0 Å². The molecule has 3 nitrogen and oxygen atoms in total. The molecule has 74 valence electrons. The van der Waals surface area contributed by atoms with E-state index in [2.05, 4.69) is 11.9 Å². The van der Waals surface area contributed by atoms with E-state index in [1.54, 1.807) is 13.3 Å². The number of pyridine rings is 1. The van der Waals surface area contributed by atoms with Crippen LogP contribution in [-0.4, -0.2) is 12.1 Å². The van der Waals surface area contributed by atoms with Gasteiger partial charge in [-0.25, -0.2) is 4.98 Å². The third kappa shape index (κ3) is 3.20. The van der Waals surface area contributed by atoms with Crippen molar-refractivity contribution in [2.75, 3.05) is 7.11 Å². The van der Waals surface area contributed by atoms with Crippen LogP contribution >= 0.6 is 12.4 Å². The molecule has 0 fully saturated rings. The lowest BCUT2D eigenvalue weighted by Gasteiger charge is -2.08. The smallest absolute Gasteiger partial charge is 0.212 e. The van der Waals surface area contributed by atoms with Gasteiger partial charge in [0.25, 0.3) is 0 Å². The molecule has 1 atom stereocenters. The maximum absolute atomic E-state index is 5.80. The molecule has 1 unspecified atom stereocenters. The molecule has 0 aliphatic heterocycles. The molecular formula is C9H15ClN2O. The van der Waals surface area contributed by atoms with Crippen LogP contribution in [0.5, 0.6) is 5.88 Å². The molecule has 1 aromatic rings. The number of hydrogen-bond acceptors (Lipinski definition) is 3. The second kappa shape index (κ2) is 5.78. The Bertz CT molecular complexity index is 238. The van der Waals surface area contributed by atoms with Gasteiger partial charge in [0.15, 0.2) is 0 Å². The van der Waals surface area contributed by atoms with Crippen LogP contribution in [0.15, 0.2) is 18.3 Å². The van der Waals surface area contributed by atoms with Crippen LogP contribution in [0.1, 0.15) is 24.9 Å². The van der Waals surface area contributed by atoms with E-state index < -0.39 is 0 Å². The van der Waals surface area contributed by atoms with Crippen molar-refractivity contribution in [3.8, 4) is 5.88 Å². The van der Waals surface area contributed by atoms with Crippen molar-refractivity contribution in [3.63, 3.8) is 0 Å². The quantitative estimate of drug-likeness (QED) is 0.815. The maximum Gasteiger partial charge on any atom is 0.212 e. The zero-order valence-electron chi connectivity index (χ0n) is 7.86. The summed E-state index contributed by atoms with van der Waals surface area (Å²) in [5.41, 5.74) is 6.86. The van der Waals surface area contributed by atoms with Crippen LogP contribution in [0.4, 0.5) is 0 Å². The summed E-state index contributed by atoms with van der Waals surface area (Å²) in [4.78, 5) is 4.06. The molecule has 0 saturated carbocycles. The molecule has 0 radical (unpaired) electrons. The summed E-state index contributed by atoms with van der Waals surface area (Å²) >= 11 is 0. The molecule has 0 spiro atoms. The predicted molar refractivity (Wildman–Crippen MR) is 55.3 cm³/mol. The van der Waals surface area contributed by atoms with Crippen LogP contribution in [0.2, 0.25) is 0 Å². The standard InChI is InChI=1S/C9H14N2O.ClH/c1-3-8(10)7-4-5-9(12-2)11-6-7;/h4-6,8H,3,10H2,1-2H3;1H. The van der Waals surface area contributed by atoms with Gasteiger partial charge in [0.1, 0.15) is 0 Å². The Morgan fingerprint density at radius 2 is 2.23 bits per heavy atom. The van der Waals surface area contributed by atoms with Gasteiger partial charge in [0.05, 0.1) is 7.11 Å². The van der Waals surface area contributed by atoms with Crippen LogP contribution in [0.25, 0.3) is 0 Å². The van der Waals surface area contributed by atoms with Gasteiger partial charge in [-0.2, -0.15) is 0 Å². The third-order valence-electron chi connectivity index (χ3n) is 1.84. The summed E-state index contributed by atoms with van der Waals surface area (Å²) in [5, 5.41) is 0. The van der Waals surface area contributed by atoms with Gasteiger partial charge in [0, 0.05) is 18.3 Å². The first-order chi connectivity index (χ1) is 5.77. The van der Waals surface area contributed by atoms with Crippen molar-refractivity contribution in [3.05, 3.63) is 23.9 Å². The second-order valence-electron chi connectivity index (χ2n) is 2.65. The van der Waals surface area contributed by atoms with Crippen molar-refractivity contribution >= 4 is 12.4 Å². The molecule has 2 N–H and O–H groups in total. The largest absolute Gasteiger partial charge is 0.481 e. The van der Waals surface area contributed by atoms with E-state index in [0.717, 1.165) is 12.0 Å². The number of nitrogens with zero attached hydrogens (tertiary/aromatic N) is 1. The van der Waals surface area contributed by atoms with Crippen molar-refractivity contribution in [2.24, 2.45) is 5.73 Å². The average Bonchev–Trinajstić information content (AvgIpc) is 2.17. The first kappa shape index (κ1) is 12.2. The average molecular weight is 203 g/mol. The second-order valence-corrected chi connectivity index (χ2v) is 2.65. The highest BCUT2D eigenvalue weighted by atomic mass is 35.5. The Morgan fingerprint density at radius 3 is 2.62 bits per heavy atom. The molecule has 0 amide bonds. The Morgan fingerprint density at radius 1 is 1.54 bits per heavy atom. The molecular weight excluding hydrogens is 188 g/mol. The summed E-state index contributed by atoms with van der Waals surface area (Å²) < 4.78 is 4.93. The minimum absolute atomic E-state index is 0. The molecule has 0 aliphatic carbocycles. The first-order valence-electron chi connectivity index (χ1n) is 4.03. The summed E-state index contributed by atoms with van der Waals surface area (Å²) in [5.74, 6) is 0.627. The SMILES string of the molecule is CCC(N)c1ccc(OC)nc1.Cl. The van der Waals surface area contributed by atoms with Gasteiger partial charge in [-0.1, -0.05) is 13.0 Å². The maximum atomic E-state index is 5.80. The van der Waals surface area contributed by atoms with Crippen LogP contribution in [0, 0.1) is 0 Å². The highest BCUT2D eigenvalue weighted by molar-refractivity contribution is 5.85. The molecule has 1 rings (SSSR count). The van der Waals surface area contributed by atoms with Gasteiger partial charge in [-0.3, -0.25) is 0 Å². The highest BCUT2D eigenvalue weighted by Crippen LogP contribution is 2.14. The van der Waals surface area contributed by atoms with Crippen molar-refractivity contribution in [1.82, 2.24) is 4.98 Å². The topological polar surface area (TPSA) is 48.1 Å². The molecule has 0 saturated heterocycles. The van der Waals surface area contributed by atoms with E-state index in [1.807, 2.05) is 12.1 Å². The number of rotatable bonds is 3. The normalized spacial score (nSPS) is 11.6. The van der Waals surface area contributed by atoms with E-state index in [4.69, 9.17) is 10.5 Å². The fourth-order valence-electron chi connectivity index (χ4n) is 0.968. The number of hydrogen-bond donors (Lipinski definition) is 1. The molecule has 1 heterocycles. The fourth-order valence-corrected chi connectivity index (χ4v) is 0.968. The number of halogens is 1. The number of ether oxygens (including phenoxy) is 1. The number of methoxy groups -OCH3 is 1. The van der Waals surface area contributed by atoms with E-state index in [1.165, 1.54) is 0 Å². The van der Waals surface area contributed by atoms with Gasteiger partial charge in [-0.05, 0) is 12.0 Å². The van der Waals surface area contributed by atoms with Gasteiger partial charge >= 0.3 is 0 Å². The zero-order valence-corrected chi connectivity index (χ0v) is 8.67. The molecule has 4 heteroatoms. The minimum atomic E-state index is 0. The van der Waals surface area contributed by atoms with Crippen molar-refractivity contribution < 1.29 is 4.74 Å². The predicted octanol–water partition coefficient (Wildman–Crippen LogP) is 1.92. The summed E-state index contributed by atoms with van der Waals surface area (Å²) in [6, 6.07) is 3.86. The molecule has 0 bridgehead atoms. The Hall–Kier alpha value is -0.800. The summed E-state index contributed by atoms with van der Waals surface area (Å²) in [6.07, 6.45) is 2.68. The van der Waals surface area contributed by atoms with Crippen molar-refractivity contribution in [2.45, 2.75) is 19.4 Å². The number of aromatic nitrogens is 1. The van der Waals surface area contributed by atoms with Gasteiger partial charge in [0.2, 0.25) is 5.88 Å². The van der Waals surface area contributed by atoms with Crippen LogP contribution in [-0.2, 0) is 0 Å². The lowest BCUT2D eigenvalue weighted by atomic mass is 10.1. The lowest BCUT2D eigenvalue weighted by Crippen LogP contribution is -2.08. The highest BCUT2D eigenvalue weighted by Gasteiger charge is 2.02. The molecule has 0 aliphatic rings. The van der Waals surface area contributed by atoms with E-state index in [0.29, 0.717) is 5.88 Å². The van der Waals surface area contributed by atoms with Crippen LogP contribution < -0.4 is 10.5 Å². The van der Waals surface area contributed by atoms with E-state index in [9.17, 15) is 0 Å². The fraction of sp³-hybridized carbons (Fsp3) is 0.444. The Kier molecular flexibility index (Phi) is 5.42. The third-order valence-corrected chi connectivity index (χ3v) is 1.84. The molecule has 13 heavy (non-hydrogen) atoms. The van der Waals surface area contributed by atoms with E-state index in [-0.39, 0.29) is 18.4 Å². The zero-order chi connectivity index (χ0) is 8.97. The van der Waals surface area contributed by atoms with Crippen molar-refractivity contribution in [1.29, 1.82) is 0 Å². The molecule has 0 aromatic carbocycles. The van der Waals surface area contributed by atoms with Gasteiger partial charge < -0.3 is 10.5 Å². The Labute approximate surface area is 84.7 Å². The van der Waals surface area contributed by atoms with Gasteiger partial charge in [-0.15, -0.1) is 12.4 Å². The summed E-state index contributed by atoms with van der Waals surface area (Å²) in [6.45, 7) is 2.05. The monoisotopic (exact) mass is 202 g/mol. The van der Waals surface area contributed by atoms with E-state index >= 15 is 0 Å². The first-order valence-corrected chi connectivity index (χ1v) is 4.03. The number of nitrogens with two attached hydrogens (primary N) is 1.